The molecule has 2 N–H and O–H groups in total. The van der Waals surface area contributed by atoms with E-state index in [1.807, 2.05) is 47.6 Å². The van der Waals surface area contributed by atoms with Gasteiger partial charge in [-0.15, -0.1) is 5.10 Å². The van der Waals surface area contributed by atoms with E-state index in [0.717, 1.165) is 12.8 Å². The predicted molar refractivity (Wildman–Crippen MR) is 156 cm³/mol. The van der Waals surface area contributed by atoms with Gasteiger partial charge in [0.05, 0.1) is 23.6 Å². The minimum atomic E-state index is -3.79. The molecule has 1 amide bonds. The number of nitrogens with zero attached hydrogens (tertiary/aromatic N) is 3. The summed E-state index contributed by atoms with van der Waals surface area (Å²) < 4.78 is 36.0. The maximum atomic E-state index is 13.4. The van der Waals surface area contributed by atoms with Crippen LogP contribution in [0.15, 0.2) is 23.1 Å². The lowest BCUT2D eigenvalue weighted by Crippen LogP contribution is -2.47. The van der Waals surface area contributed by atoms with Crippen molar-refractivity contribution in [3.05, 3.63) is 35.4 Å². The van der Waals surface area contributed by atoms with Crippen LogP contribution < -0.4 is 10.0 Å². The number of carbonyl (C=O) groups excluding carboxylic acids is 2. The lowest BCUT2D eigenvalue weighted by Gasteiger charge is -2.33. The molecule has 0 bridgehead atoms. The highest BCUT2D eigenvalue weighted by atomic mass is 32.2. The van der Waals surface area contributed by atoms with Gasteiger partial charge in [0.2, 0.25) is 15.8 Å². The maximum Gasteiger partial charge on any atom is 0.308 e. The Kier molecular flexibility index (Phi) is 8.99. The molecule has 226 valence electrons. The first kappa shape index (κ1) is 31.2. The molecule has 0 saturated heterocycles. The van der Waals surface area contributed by atoms with Crippen molar-refractivity contribution in [2.75, 3.05) is 7.11 Å². The largest absolute Gasteiger partial charge is 0.469 e. The second-order valence-electron chi connectivity index (χ2n) is 13.6. The molecule has 1 aromatic carbocycles. The Balaban J connectivity index is 1.69. The highest BCUT2D eigenvalue weighted by Crippen LogP contribution is 2.33. The molecule has 2 aromatic rings. The summed E-state index contributed by atoms with van der Waals surface area (Å²) in [5, 5.41) is 7.59. The molecule has 0 unspecified atom stereocenters. The third-order valence-electron chi connectivity index (χ3n) is 7.83. The van der Waals surface area contributed by atoms with Gasteiger partial charge in [-0.05, 0) is 68.7 Å². The lowest BCUT2D eigenvalue weighted by molar-refractivity contribution is -0.149. The number of nitrogens with one attached hydrogen (secondary N) is 2. The molecule has 10 nitrogen and oxygen atoms in total. The fraction of sp³-hybridized carbons (Fsp3) is 0.667. The SMILES string of the molecule is COC(=O)C1CC(NC(=O)c2nc(CC3CCCCC3)n(-c3ccc(S(=O)(=O)NC(C)(C)C)c(C(C)(C)C)c3)n2)C1. The first-order valence-corrected chi connectivity index (χ1v) is 16.1. The van der Waals surface area contributed by atoms with Crippen molar-refractivity contribution in [2.24, 2.45) is 11.8 Å². The quantitative estimate of drug-likeness (QED) is 0.436. The van der Waals surface area contributed by atoms with Crippen LogP contribution in [0, 0.1) is 11.8 Å². The number of sulfonamides is 1. The lowest BCUT2D eigenvalue weighted by atomic mass is 9.80. The van der Waals surface area contributed by atoms with Crippen molar-refractivity contribution in [1.29, 1.82) is 0 Å². The van der Waals surface area contributed by atoms with Crippen molar-refractivity contribution in [2.45, 2.75) is 115 Å². The zero-order valence-corrected chi connectivity index (χ0v) is 26.2. The Morgan fingerprint density at radius 2 is 1.71 bits per heavy atom. The first-order valence-electron chi connectivity index (χ1n) is 14.6. The van der Waals surface area contributed by atoms with Gasteiger partial charge in [0.1, 0.15) is 5.82 Å². The summed E-state index contributed by atoms with van der Waals surface area (Å²) in [6.07, 6.45) is 7.54. The molecule has 11 heteroatoms. The number of hydrogen-bond acceptors (Lipinski definition) is 7. The minimum Gasteiger partial charge on any atom is -0.469 e. The van der Waals surface area contributed by atoms with Crippen LogP contribution in [0.25, 0.3) is 5.69 Å². The number of ether oxygens (including phenoxy) is 1. The van der Waals surface area contributed by atoms with E-state index in [9.17, 15) is 18.0 Å². The summed E-state index contributed by atoms with van der Waals surface area (Å²) >= 11 is 0. The summed E-state index contributed by atoms with van der Waals surface area (Å²) in [6, 6.07) is 5.08. The van der Waals surface area contributed by atoms with Crippen LogP contribution in [0.5, 0.6) is 0 Å². The number of carbonyl (C=O) groups is 2. The fourth-order valence-electron chi connectivity index (χ4n) is 5.70. The fourth-order valence-corrected chi connectivity index (χ4v) is 7.52. The smallest absolute Gasteiger partial charge is 0.308 e. The predicted octanol–water partition coefficient (Wildman–Crippen LogP) is 4.45. The van der Waals surface area contributed by atoms with Gasteiger partial charge in [-0.3, -0.25) is 9.59 Å². The van der Waals surface area contributed by atoms with Gasteiger partial charge in [-0.25, -0.2) is 22.8 Å². The Bertz CT molecular complexity index is 1370. The van der Waals surface area contributed by atoms with Crippen LogP contribution in [-0.2, 0) is 31.4 Å². The first-order chi connectivity index (χ1) is 19.1. The Labute approximate surface area is 244 Å². The Morgan fingerprint density at radius 3 is 2.29 bits per heavy atom. The second-order valence-corrected chi connectivity index (χ2v) is 15.3. The van der Waals surface area contributed by atoms with Gasteiger partial charge in [0.25, 0.3) is 5.91 Å². The van der Waals surface area contributed by atoms with E-state index < -0.39 is 21.0 Å². The molecule has 41 heavy (non-hydrogen) atoms. The van der Waals surface area contributed by atoms with Gasteiger partial charge in [0, 0.05) is 18.0 Å². The van der Waals surface area contributed by atoms with E-state index in [1.54, 1.807) is 16.8 Å². The summed E-state index contributed by atoms with van der Waals surface area (Å²) in [4.78, 5) is 29.8. The van der Waals surface area contributed by atoms with Crippen molar-refractivity contribution in [3.8, 4) is 5.69 Å². The number of hydrogen-bond donors (Lipinski definition) is 2. The average molecular weight is 588 g/mol. The molecule has 0 radical (unpaired) electrons. The van der Waals surface area contributed by atoms with E-state index in [-0.39, 0.29) is 34.6 Å². The van der Waals surface area contributed by atoms with Crippen LogP contribution in [0.1, 0.15) is 108 Å². The minimum absolute atomic E-state index is 0.0701. The molecule has 0 spiro atoms. The number of aromatic nitrogens is 3. The second kappa shape index (κ2) is 11.8. The highest BCUT2D eigenvalue weighted by molar-refractivity contribution is 7.89. The summed E-state index contributed by atoms with van der Waals surface area (Å²) in [5.41, 5.74) is 0.199. The van der Waals surface area contributed by atoms with Crippen LogP contribution in [0.3, 0.4) is 0 Å². The molecule has 1 aromatic heterocycles. The number of methoxy groups -OCH3 is 1. The molecule has 2 fully saturated rings. The standard InChI is InChI=1S/C30H45N5O5S/c1-29(2,3)23-18-22(13-14-24(23)41(38,39)34-30(4,5)6)35-25(15-19-11-9-8-10-12-19)32-26(33-35)27(36)31-21-16-20(17-21)28(37)40-7/h13-14,18-21,34H,8-12,15-17H2,1-7H3,(H,31,36). The Morgan fingerprint density at radius 1 is 1.05 bits per heavy atom. The van der Waals surface area contributed by atoms with Gasteiger partial charge in [-0.2, -0.15) is 0 Å². The molecule has 1 heterocycles. The third-order valence-corrected chi connectivity index (χ3v) is 9.64. The molecule has 4 rings (SSSR count). The van der Waals surface area contributed by atoms with Gasteiger partial charge in [-0.1, -0.05) is 52.9 Å². The highest BCUT2D eigenvalue weighted by Gasteiger charge is 2.37. The molecule has 2 aliphatic carbocycles. The number of esters is 1. The number of benzene rings is 1. The maximum absolute atomic E-state index is 13.4. The van der Waals surface area contributed by atoms with Gasteiger partial charge in [0.15, 0.2) is 0 Å². The summed E-state index contributed by atoms with van der Waals surface area (Å²) in [6.45, 7) is 11.4. The number of rotatable bonds is 8. The normalized spacial score (nSPS) is 20.4. The monoisotopic (exact) mass is 587 g/mol. The van der Waals surface area contributed by atoms with Crippen molar-refractivity contribution < 1.29 is 22.7 Å². The molecular formula is C30H45N5O5S. The van der Waals surface area contributed by atoms with Gasteiger partial charge < -0.3 is 10.1 Å². The van der Waals surface area contributed by atoms with Crippen LogP contribution in [-0.4, -0.2) is 53.7 Å². The zero-order valence-electron chi connectivity index (χ0n) is 25.4. The molecule has 2 saturated carbocycles. The van der Waals surface area contributed by atoms with Crippen molar-refractivity contribution in [3.63, 3.8) is 0 Å². The van der Waals surface area contributed by atoms with Crippen molar-refractivity contribution in [1.82, 2.24) is 24.8 Å². The molecule has 0 atom stereocenters. The third kappa shape index (κ3) is 7.54. The summed E-state index contributed by atoms with van der Waals surface area (Å²) in [5.74, 6) is 0.369. The van der Waals surface area contributed by atoms with E-state index in [2.05, 4.69) is 15.1 Å². The van der Waals surface area contributed by atoms with E-state index >= 15 is 0 Å². The van der Waals surface area contributed by atoms with Crippen molar-refractivity contribution >= 4 is 21.9 Å². The average Bonchev–Trinajstić information content (AvgIpc) is 3.27. The van der Waals surface area contributed by atoms with E-state index in [0.29, 0.717) is 42.3 Å². The summed E-state index contributed by atoms with van der Waals surface area (Å²) in [7, 11) is -2.42. The number of amides is 1. The van der Waals surface area contributed by atoms with Crippen LogP contribution in [0.4, 0.5) is 0 Å². The van der Waals surface area contributed by atoms with Crippen LogP contribution >= 0.6 is 0 Å². The molecular weight excluding hydrogens is 542 g/mol. The topological polar surface area (TPSA) is 132 Å². The van der Waals surface area contributed by atoms with E-state index in [1.165, 1.54) is 26.4 Å². The molecule has 0 aliphatic heterocycles. The van der Waals surface area contributed by atoms with Gasteiger partial charge >= 0.3 is 5.97 Å². The van der Waals surface area contributed by atoms with Crippen LogP contribution in [0.2, 0.25) is 0 Å². The van der Waals surface area contributed by atoms with E-state index in [4.69, 9.17) is 9.72 Å². The molecule has 2 aliphatic rings. The Hall–Kier alpha value is -2.79. The zero-order chi connectivity index (χ0) is 30.2.